The number of aromatic amines is 1. The van der Waals surface area contributed by atoms with E-state index >= 15 is 0 Å². The number of nitrogens with zero attached hydrogens (tertiary/aromatic N) is 5. The van der Waals surface area contributed by atoms with Gasteiger partial charge >= 0.3 is 0 Å². The normalized spacial score (nSPS) is 14.1. The van der Waals surface area contributed by atoms with E-state index in [1.807, 2.05) is 30.3 Å². The molecule has 11 heteroatoms. The van der Waals surface area contributed by atoms with Gasteiger partial charge in [-0.25, -0.2) is 4.68 Å². The first kappa shape index (κ1) is 24.0. The van der Waals surface area contributed by atoms with E-state index in [1.165, 1.54) is 0 Å². The van der Waals surface area contributed by atoms with Gasteiger partial charge in [-0.3, -0.25) is 9.69 Å². The molecule has 1 aliphatic heterocycles. The molecule has 0 aliphatic carbocycles. The number of aromatic nitrogens is 5. The van der Waals surface area contributed by atoms with Gasteiger partial charge in [0, 0.05) is 30.7 Å². The summed E-state index contributed by atoms with van der Waals surface area (Å²) in [6.07, 6.45) is 1.65. The second kappa shape index (κ2) is 10.5. The number of pyridine rings is 1. The summed E-state index contributed by atoms with van der Waals surface area (Å²) in [5.41, 5.74) is 1.16. The molecule has 4 aromatic rings. The molecule has 36 heavy (non-hydrogen) atoms. The highest BCUT2D eigenvalue weighted by molar-refractivity contribution is 5.83. The Morgan fingerprint density at radius 2 is 1.97 bits per heavy atom. The number of hydrogen-bond acceptors (Lipinski definition) is 9. The summed E-state index contributed by atoms with van der Waals surface area (Å²) >= 11 is 0. The van der Waals surface area contributed by atoms with E-state index in [9.17, 15) is 4.79 Å². The Kier molecular flexibility index (Phi) is 7.01. The van der Waals surface area contributed by atoms with Crippen molar-refractivity contribution in [3.05, 3.63) is 64.1 Å². The number of nitrogens with one attached hydrogen (secondary N) is 1. The zero-order valence-corrected chi connectivity index (χ0v) is 20.6. The fourth-order valence-electron chi connectivity index (χ4n) is 4.62. The summed E-state index contributed by atoms with van der Waals surface area (Å²) in [6.45, 7) is 7.07. The second-order valence-electron chi connectivity index (χ2n) is 9.13. The van der Waals surface area contributed by atoms with Crippen LogP contribution in [-0.4, -0.2) is 57.0 Å². The van der Waals surface area contributed by atoms with Crippen molar-refractivity contribution in [2.45, 2.75) is 39.5 Å². The molecule has 1 aromatic carbocycles. The van der Waals surface area contributed by atoms with Crippen molar-refractivity contribution < 1.29 is 18.6 Å². The average Bonchev–Trinajstić information content (AvgIpc) is 3.54. The van der Waals surface area contributed by atoms with Crippen molar-refractivity contribution in [2.24, 2.45) is 5.92 Å². The summed E-state index contributed by atoms with van der Waals surface area (Å²) in [5.74, 6) is 2.96. The standard InChI is InChI=1S/C25H30N6O5/c1-16(2)23(24-27-28-29-31(24)6-8-33-3)30(15-19-5-4-7-34-19)14-18-11-17-12-21-22(36-10-9-35-21)13-20(17)26-25(18)32/h4-5,7,11-13,16,23H,6,8-10,14-15H2,1-3H3,(H,26,32). The lowest BCUT2D eigenvalue weighted by Crippen LogP contribution is -2.35. The maximum Gasteiger partial charge on any atom is 0.252 e. The molecule has 1 unspecified atom stereocenters. The highest BCUT2D eigenvalue weighted by atomic mass is 16.6. The highest BCUT2D eigenvalue weighted by Crippen LogP contribution is 2.34. The lowest BCUT2D eigenvalue weighted by molar-refractivity contribution is 0.112. The molecule has 0 spiro atoms. The van der Waals surface area contributed by atoms with Crippen molar-refractivity contribution in [3.63, 3.8) is 0 Å². The summed E-state index contributed by atoms with van der Waals surface area (Å²) < 4.78 is 24.1. The fraction of sp³-hybridized carbons (Fsp3) is 0.440. The zero-order valence-electron chi connectivity index (χ0n) is 20.6. The quantitative estimate of drug-likeness (QED) is 0.355. The van der Waals surface area contributed by atoms with Gasteiger partial charge in [0.25, 0.3) is 5.56 Å². The fourth-order valence-corrected chi connectivity index (χ4v) is 4.62. The van der Waals surface area contributed by atoms with Crippen LogP contribution >= 0.6 is 0 Å². The molecule has 11 nitrogen and oxygen atoms in total. The molecule has 0 fully saturated rings. The number of furan rings is 1. The van der Waals surface area contributed by atoms with E-state index < -0.39 is 0 Å². The van der Waals surface area contributed by atoms with Crippen LogP contribution in [0.15, 0.2) is 45.8 Å². The molecule has 0 bridgehead atoms. The largest absolute Gasteiger partial charge is 0.486 e. The van der Waals surface area contributed by atoms with Crippen LogP contribution in [0.5, 0.6) is 11.5 Å². The Hall–Kier alpha value is -3.70. The Morgan fingerprint density at radius 3 is 2.69 bits per heavy atom. The Labute approximate surface area is 207 Å². The van der Waals surface area contributed by atoms with Crippen molar-refractivity contribution in [2.75, 3.05) is 26.9 Å². The Bertz CT molecular complexity index is 1360. The van der Waals surface area contributed by atoms with Gasteiger partial charge in [-0.2, -0.15) is 0 Å². The Morgan fingerprint density at radius 1 is 1.17 bits per heavy atom. The van der Waals surface area contributed by atoms with E-state index in [0.717, 1.165) is 11.1 Å². The van der Waals surface area contributed by atoms with Gasteiger partial charge in [-0.15, -0.1) is 5.10 Å². The molecule has 190 valence electrons. The van der Waals surface area contributed by atoms with E-state index in [2.05, 4.69) is 39.3 Å². The Balaban J connectivity index is 1.53. The lowest BCUT2D eigenvalue weighted by Gasteiger charge is -2.33. The number of benzene rings is 1. The third-order valence-electron chi connectivity index (χ3n) is 6.25. The van der Waals surface area contributed by atoms with Crippen LogP contribution in [-0.2, 0) is 24.4 Å². The van der Waals surface area contributed by atoms with Gasteiger partial charge in [0.1, 0.15) is 19.0 Å². The predicted molar refractivity (Wildman–Crippen MR) is 131 cm³/mol. The molecule has 0 amide bonds. The van der Waals surface area contributed by atoms with Crippen LogP contribution in [0.1, 0.15) is 37.0 Å². The lowest BCUT2D eigenvalue weighted by atomic mass is 10.00. The first-order valence-electron chi connectivity index (χ1n) is 12.0. The molecule has 1 N–H and O–H groups in total. The number of fused-ring (bicyclic) bond motifs is 2. The first-order chi connectivity index (χ1) is 17.5. The average molecular weight is 495 g/mol. The molecule has 0 saturated heterocycles. The van der Waals surface area contributed by atoms with Crippen molar-refractivity contribution in [3.8, 4) is 11.5 Å². The maximum atomic E-state index is 13.2. The van der Waals surface area contributed by atoms with Gasteiger partial charge in [-0.05, 0) is 40.6 Å². The van der Waals surface area contributed by atoms with E-state index in [0.29, 0.717) is 67.9 Å². The minimum atomic E-state index is -0.183. The number of hydrogen-bond donors (Lipinski definition) is 1. The van der Waals surface area contributed by atoms with Gasteiger partial charge < -0.3 is 23.6 Å². The van der Waals surface area contributed by atoms with Crippen molar-refractivity contribution >= 4 is 10.9 Å². The van der Waals surface area contributed by atoms with Crippen LogP contribution in [0.4, 0.5) is 0 Å². The van der Waals surface area contributed by atoms with Gasteiger partial charge in [0.15, 0.2) is 17.3 Å². The first-order valence-corrected chi connectivity index (χ1v) is 12.0. The van der Waals surface area contributed by atoms with Crippen LogP contribution in [0, 0.1) is 5.92 Å². The molecule has 3 aromatic heterocycles. The van der Waals surface area contributed by atoms with E-state index in [-0.39, 0.29) is 17.5 Å². The third-order valence-corrected chi connectivity index (χ3v) is 6.25. The predicted octanol–water partition coefficient (Wildman–Crippen LogP) is 2.92. The minimum absolute atomic E-state index is 0.143. The minimum Gasteiger partial charge on any atom is -0.486 e. The SMILES string of the molecule is COCCn1nnnc1C(C(C)C)N(Cc1ccco1)Cc1cc2cc3c(cc2[nH]c1=O)OCCO3. The molecule has 4 heterocycles. The van der Waals surface area contributed by atoms with E-state index in [4.69, 9.17) is 18.6 Å². The van der Waals surface area contributed by atoms with Crippen molar-refractivity contribution in [1.29, 1.82) is 0 Å². The van der Waals surface area contributed by atoms with Crippen LogP contribution < -0.4 is 15.0 Å². The van der Waals surface area contributed by atoms with Crippen LogP contribution in [0.3, 0.4) is 0 Å². The highest BCUT2D eigenvalue weighted by Gasteiger charge is 2.30. The number of tetrazole rings is 1. The summed E-state index contributed by atoms with van der Waals surface area (Å²) in [7, 11) is 1.65. The topological polar surface area (TPSA) is 121 Å². The smallest absolute Gasteiger partial charge is 0.252 e. The van der Waals surface area contributed by atoms with Crippen LogP contribution in [0.25, 0.3) is 10.9 Å². The molecular formula is C25H30N6O5. The number of ether oxygens (including phenoxy) is 3. The monoisotopic (exact) mass is 494 g/mol. The molecular weight excluding hydrogens is 464 g/mol. The van der Waals surface area contributed by atoms with Gasteiger partial charge in [0.2, 0.25) is 0 Å². The summed E-state index contributed by atoms with van der Waals surface area (Å²) in [5, 5.41) is 13.3. The van der Waals surface area contributed by atoms with Crippen LogP contribution in [0.2, 0.25) is 0 Å². The van der Waals surface area contributed by atoms with E-state index in [1.54, 1.807) is 18.1 Å². The zero-order chi connectivity index (χ0) is 25.1. The number of H-pyrrole nitrogens is 1. The summed E-state index contributed by atoms with van der Waals surface area (Å²) in [6, 6.07) is 9.23. The number of rotatable bonds is 10. The molecule has 0 radical (unpaired) electrons. The maximum absolute atomic E-state index is 13.2. The summed E-state index contributed by atoms with van der Waals surface area (Å²) in [4.78, 5) is 18.4. The molecule has 0 saturated carbocycles. The molecule has 1 aliphatic rings. The van der Waals surface area contributed by atoms with Crippen molar-refractivity contribution in [1.82, 2.24) is 30.1 Å². The third kappa shape index (κ3) is 4.98. The van der Waals surface area contributed by atoms with Gasteiger partial charge in [-0.1, -0.05) is 13.8 Å². The number of methoxy groups -OCH3 is 1. The van der Waals surface area contributed by atoms with Gasteiger partial charge in [0.05, 0.1) is 37.5 Å². The molecule has 5 rings (SSSR count). The molecule has 1 atom stereocenters. The second-order valence-corrected chi connectivity index (χ2v) is 9.13.